The molecule has 10 heteroatoms. The number of sulfonamides is 1. The Balaban J connectivity index is 1.64. The van der Waals surface area contributed by atoms with Gasteiger partial charge in [0.2, 0.25) is 10.0 Å². The Labute approximate surface area is 186 Å². The van der Waals surface area contributed by atoms with Gasteiger partial charge in [0.05, 0.1) is 10.5 Å². The maximum atomic E-state index is 13.1. The normalized spacial score (nSPS) is 13.7. The molecule has 0 aliphatic carbocycles. The molecular weight excluding hydrogens is 434 g/mol. The van der Waals surface area contributed by atoms with Crippen LogP contribution in [0.2, 0.25) is 0 Å². The van der Waals surface area contributed by atoms with Crippen LogP contribution < -0.4 is 10.6 Å². The highest BCUT2D eigenvalue weighted by Gasteiger charge is 2.28. The van der Waals surface area contributed by atoms with Crippen LogP contribution >= 0.6 is 0 Å². The third kappa shape index (κ3) is 5.71. The molecule has 1 aliphatic rings. The molecule has 2 aromatic rings. The molecule has 2 aromatic carbocycles. The highest BCUT2D eigenvalue weighted by atomic mass is 32.2. The molecule has 3 rings (SSSR count). The Morgan fingerprint density at radius 3 is 2.56 bits per heavy atom. The molecule has 0 spiro atoms. The molecule has 0 unspecified atom stereocenters. The first kappa shape index (κ1) is 23.4. The molecule has 1 aliphatic heterocycles. The first-order valence-electron chi connectivity index (χ1n) is 10.2. The number of hydrogen-bond acceptors (Lipinski definition) is 6. The number of benzene rings is 2. The van der Waals surface area contributed by atoms with E-state index in [0.717, 1.165) is 11.1 Å². The Kier molecular flexibility index (Phi) is 7.60. The van der Waals surface area contributed by atoms with Crippen molar-refractivity contribution in [1.29, 1.82) is 0 Å². The number of hydrogen-bond donors (Lipinski definition) is 2. The number of amides is 3. The number of urea groups is 1. The SMILES string of the molecule is CCCNC(=O)NC(=O)COC(=O)c1cccc(S(=O)(=O)N2CCc3ccccc3C2)c1. The van der Waals surface area contributed by atoms with Crippen LogP contribution in [0, 0.1) is 0 Å². The van der Waals surface area contributed by atoms with E-state index in [1.54, 1.807) is 0 Å². The topological polar surface area (TPSA) is 122 Å². The number of nitrogens with zero attached hydrogens (tertiary/aromatic N) is 1. The quantitative estimate of drug-likeness (QED) is 0.609. The number of rotatable bonds is 7. The average molecular weight is 460 g/mol. The van der Waals surface area contributed by atoms with Gasteiger partial charge in [-0.15, -0.1) is 0 Å². The summed E-state index contributed by atoms with van der Waals surface area (Å²) < 4.78 is 32.5. The van der Waals surface area contributed by atoms with Gasteiger partial charge in [0.25, 0.3) is 5.91 Å². The van der Waals surface area contributed by atoms with Crippen molar-refractivity contribution in [2.24, 2.45) is 0 Å². The lowest BCUT2D eigenvalue weighted by molar-refractivity contribution is -0.123. The average Bonchev–Trinajstić information content (AvgIpc) is 2.80. The van der Waals surface area contributed by atoms with E-state index in [1.165, 1.54) is 28.6 Å². The largest absolute Gasteiger partial charge is 0.452 e. The molecule has 0 atom stereocenters. The number of carbonyl (C=O) groups is 3. The number of esters is 1. The van der Waals surface area contributed by atoms with Crippen molar-refractivity contribution >= 4 is 27.9 Å². The van der Waals surface area contributed by atoms with Gasteiger partial charge < -0.3 is 10.1 Å². The fraction of sp³-hybridized carbons (Fsp3) is 0.318. The van der Waals surface area contributed by atoms with E-state index in [2.05, 4.69) is 5.32 Å². The first-order valence-corrected chi connectivity index (χ1v) is 11.7. The van der Waals surface area contributed by atoms with Gasteiger partial charge in [-0.25, -0.2) is 18.0 Å². The molecule has 0 aromatic heterocycles. The molecule has 0 radical (unpaired) electrons. The van der Waals surface area contributed by atoms with Crippen LogP contribution in [0.1, 0.15) is 34.8 Å². The summed E-state index contributed by atoms with van der Waals surface area (Å²) in [6.45, 7) is 2.20. The third-order valence-corrected chi connectivity index (χ3v) is 6.77. The molecule has 0 saturated carbocycles. The number of ether oxygens (including phenoxy) is 1. The lowest BCUT2D eigenvalue weighted by Crippen LogP contribution is -2.41. The second-order valence-corrected chi connectivity index (χ2v) is 9.20. The summed E-state index contributed by atoms with van der Waals surface area (Å²) in [5.74, 6) is -1.65. The van der Waals surface area contributed by atoms with Crippen LogP contribution in [-0.2, 0) is 32.5 Å². The third-order valence-electron chi connectivity index (χ3n) is 4.93. The van der Waals surface area contributed by atoms with Gasteiger partial charge in [-0.1, -0.05) is 37.3 Å². The van der Waals surface area contributed by atoms with Gasteiger partial charge in [-0.05, 0) is 42.2 Å². The van der Waals surface area contributed by atoms with Crippen LogP contribution in [0.5, 0.6) is 0 Å². The number of carbonyl (C=O) groups excluding carboxylic acids is 3. The van der Waals surface area contributed by atoms with Crippen molar-refractivity contribution in [2.75, 3.05) is 19.7 Å². The minimum absolute atomic E-state index is 0.00767. The Morgan fingerprint density at radius 1 is 1.06 bits per heavy atom. The van der Waals surface area contributed by atoms with Crippen molar-refractivity contribution < 1.29 is 27.5 Å². The van der Waals surface area contributed by atoms with Crippen LogP contribution in [0.25, 0.3) is 0 Å². The van der Waals surface area contributed by atoms with Gasteiger partial charge in [0.1, 0.15) is 0 Å². The molecule has 2 N–H and O–H groups in total. The highest BCUT2D eigenvalue weighted by Crippen LogP contribution is 2.25. The van der Waals surface area contributed by atoms with Crippen LogP contribution in [0.3, 0.4) is 0 Å². The molecular formula is C22H25N3O6S. The molecule has 0 bridgehead atoms. The summed E-state index contributed by atoms with van der Waals surface area (Å²) in [5, 5.41) is 4.50. The summed E-state index contributed by atoms with van der Waals surface area (Å²) in [6, 6.07) is 12.5. The molecule has 1 heterocycles. The van der Waals surface area contributed by atoms with Gasteiger partial charge in [0, 0.05) is 19.6 Å². The number of nitrogens with one attached hydrogen (secondary N) is 2. The smallest absolute Gasteiger partial charge is 0.338 e. The lowest BCUT2D eigenvalue weighted by atomic mass is 10.0. The molecule has 170 valence electrons. The Bertz CT molecular complexity index is 1120. The van der Waals surface area contributed by atoms with Crippen molar-refractivity contribution in [2.45, 2.75) is 31.2 Å². The van der Waals surface area contributed by atoms with Crippen molar-refractivity contribution in [1.82, 2.24) is 14.9 Å². The van der Waals surface area contributed by atoms with Gasteiger partial charge in [-0.2, -0.15) is 4.31 Å². The summed E-state index contributed by atoms with van der Waals surface area (Å²) in [7, 11) is -3.82. The molecule has 0 fully saturated rings. The fourth-order valence-corrected chi connectivity index (χ4v) is 4.73. The van der Waals surface area contributed by atoms with E-state index in [4.69, 9.17) is 4.74 Å². The molecule has 9 nitrogen and oxygen atoms in total. The zero-order valence-electron chi connectivity index (χ0n) is 17.7. The monoisotopic (exact) mass is 459 g/mol. The minimum Gasteiger partial charge on any atom is -0.452 e. The van der Waals surface area contributed by atoms with Crippen molar-refractivity contribution in [3.05, 3.63) is 65.2 Å². The van der Waals surface area contributed by atoms with Crippen molar-refractivity contribution in [3.8, 4) is 0 Å². The van der Waals surface area contributed by atoms with E-state index < -0.39 is 34.5 Å². The zero-order chi connectivity index (χ0) is 23.1. The van der Waals surface area contributed by atoms with Crippen molar-refractivity contribution in [3.63, 3.8) is 0 Å². The maximum absolute atomic E-state index is 13.1. The number of imide groups is 1. The predicted molar refractivity (Wildman–Crippen MR) is 116 cm³/mol. The zero-order valence-corrected chi connectivity index (χ0v) is 18.5. The minimum atomic E-state index is -3.82. The van der Waals surface area contributed by atoms with E-state index in [1.807, 2.05) is 36.5 Å². The van der Waals surface area contributed by atoms with E-state index in [-0.39, 0.29) is 17.0 Å². The highest BCUT2D eigenvalue weighted by molar-refractivity contribution is 7.89. The Hall–Kier alpha value is -3.24. The lowest BCUT2D eigenvalue weighted by Gasteiger charge is -2.28. The van der Waals surface area contributed by atoms with Crippen LogP contribution in [0.4, 0.5) is 4.79 Å². The maximum Gasteiger partial charge on any atom is 0.338 e. The van der Waals surface area contributed by atoms with E-state index >= 15 is 0 Å². The summed E-state index contributed by atoms with van der Waals surface area (Å²) in [5.41, 5.74) is 2.07. The van der Waals surface area contributed by atoms with Gasteiger partial charge >= 0.3 is 12.0 Å². The van der Waals surface area contributed by atoms with E-state index in [0.29, 0.717) is 25.9 Å². The fourth-order valence-electron chi connectivity index (χ4n) is 3.27. The first-order chi connectivity index (χ1) is 15.3. The van der Waals surface area contributed by atoms with Crippen LogP contribution in [0.15, 0.2) is 53.4 Å². The second kappa shape index (κ2) is 10.4. The number of fused-ring (bicyclic) bond motifs is 1. The molecule has 32 heavy (non-hydrogen) atoms. The predicted octanol–water partition coefficient (Wildman–Crippen LogP) is 1.83. The van der Waals surface area contributed by atoms with Gasteiger partial charge in [-0.3, -0.25) is 10.1 Å². The Morgan fingerprint density at radius 2 is 1.81 bits per heavy atom. The van der Waals surface area contributed by atoms with Crippen LogP contribution in [-0.4, -0.2) is 50.3 Å². The van der Waals surface area contributed by atoms with Gasteiger partial charge in [0.15, 0.2) is 6.61 Å². The van der Waals surface area contributed by atoms with E-state index in [9.17, 15) is 22.8 Å². The summed E-state index contributed by atoms with van der Waals surface area (Å²) in [6.07, 6.45) is 1.32. The summed E-state index contributed by atoms with van der Waals surface area (Å²) in [4.78, 5) is 35.5. The summed E-state index contributed by atoms with van der Waals surface area (Å²) >= 11 is 0. The molecule has 0 saturated heterocycles. The molecule has 3 amide bonds. The standard InChI is InChI=1S/C22H25N3O6S/c1-2-11-23-22(28)24-20(26)15-31-21(27)17-8-5-9-19(13-17)32(29,30)25-12-10-16-6-3-4-7-18(16)14-25/h3-9,13H,2,10-12,14-15H2,1H3,(H2,23,24,26,28). The second-order valence-electron chi connectivity index (χ2n) is 7.27.